The van der Waals surface area contributed by atoms with Gasteiger partial charge in [0.25, 0.3) is 0 Å². The van der Waals surface area contributed by atoms with Crippen molar-refractivity contribution >= 4 is 36.1 Å². The van der Waals surface area contributed by atoms with Crippen LogP contribution in [0.5, 0.6) is 0 Å². The molecule has 0 amide bonds. The Morgan fingerprint density at radius 3 is 2.09 bits per heavy atom. The third-order valence-corrected chi connectivity index (χ3v) is 28.2. The number of unbranched alkanes of at least 4 members (excludes halogenated alkanes) is 3. The molecular weight excluding hydrogens is 547 g/mol. The van der Waals surface area contributed by atoms with E-state index < -0.39 is 18.4 Å². The summed E-state index contributed by atoms with van der Waals surface area (Å²) in [5, 5.41) is 0. The SMILES string of the molecule is CCC[CH2][Sn]([CH2]CCC)([CH2]CCC)[C@H]1CC(=O)[C@@H](C)[C@@H]2[C@H]3OC(=O)[C@@H](C)C3CC[C@]21COC(C)=O. The number of rotatable bonds is 12. The molecule has 1 saturated heterocycles. The molecule has 0 N–H and O–H groups in total. The number of hydrogen-bond donors (Lipinski definition) is 0. The van der Waals surface area contributed by atoms with Crippen LogP contribution in [-0.4, -0.2) is 48.8 Å². The molecule has 7 atom stereocenters. The Hall–Kier alpha value is -0.591. The van der Waals surface area contributed by atoms with Crippen LogP contribution in [-0.2, 0) is 23.9 Å². The fraction of sp³-hybridized carbons (Fsp3) is 0.897. The van der Waals surface area contributed by atoms with Crippen molar-refractivity contribution in [3.05, 3.63) is 0 Å². The van der Waals surface area contributed by atoms with Crippen LogP contribution in [0.1, 0.15) is 99.3 Å². The first-order chi connectivity index (χ1) is 16.7. The number of carbonyl (C=O) groups excluding carboxylic acids is 3. The molecule has 3 fully saturated rings. The van der Waals surface area contributed by atoms with Gasteiger partial charge in [-0.25, -0.2) is 0 Å². The van der Waals surface area contributed by atoms with E-state index in [9.17, 15) is 14.4 Å². The second-order valence-corrected chi connectivity index (χ2v) is 26.2. The number of ether oxygens (including phenoxy) is 2. The molecule has 2 aliphatic carbocycles. The summed E-state index contributed by atoms with van der Waals surface area (Å²) in [6.45, 7) is 12.8. The second kappa shape index (κ2) is 12.3. The Balaban J connectivity index is 2.16. The first-order valence-corrected chi connectivity index (χ1v) is 22.2. The van der Waals surface area contributed by atoms with Crippen molar-refractivity contribution in [1.82, 2.24) is 0 Å². The van der Waals surface area contributed by atoms with Gasteiger partial charge in [-0.05, 0) is 0 Å². The van der Waals surface area contributed by atoms with Gasteiger partial charge in [0, 0.05) is 0 Å². The number of esters is 2. The first-order valence-electron chi connectivity index (χ1n) is 14.5. The van der Waals surface area contributed by atoms with Crippen LogP contribution in [0, 0.1) is 29.1 Å². The Labute approximate surface area is 217 Å². The van der Waals surface area contributed by atoms with E-state index in [2.05, 4.69) is 27.7 Å². The average Bonchev–Trinajstić information content (AvgIpc) is 3.13. The number of fused-ring (bicyclic) bond motifs is 3. The maximum absolute atomic E-state index is 13.7. The molecule has 0 spiro atoms. The van der Waals surface area contributed by atoms with Crippen LogP contribution >= 0.6 is 0 Å². The molecule has 2 saturated carbocycles. The summed E-state index contributed by atoms with van der Waals surface area (Å²) in [6, 6.07) is 0. The number of carbonyl (C=O) groups is 3. The van der Waals surface area contributed by atoms with E-state index in [0.29, 0.717) is 22.7 Å². The number of ketones is 1. The van der Waals surface area contributed by atoms with Crippen molar-refractivity contribution < 1.29 is 23.9 Å². The molecule has 0 bridgehead atoms. The molecule has 0 aromatic rings. The quantitative estimate of drug-likeness (QED) is 0.180. The van der Waals surface area contributed by atoms with Crippen LogP contribution in [0.15, 0.2) is 0 Å². The zero-order chi connectivity index (χ0) is 25.8. The monoisotopic (exact) mass is 598 g/mol. The van der Waals surface area contributed by atoms with Crippen LogP contribution in [0.4, 0.5) is 0 Å². The predicted octanol–water partition coefficient (Wildman–Crippen LogP) is 6.95. The summed E-state index contributed by atoms with van der Waals surface area (Å²) < 4.78 is 16.4. The van der Waals surface area contributed by atoms with Gasteiger partial charge in [-0.15, -0.1) is 0 Å². The Kier molecular flexibility index (Phi) is 10.2. The van der Waals surface area contributed by atoms with Crippen molar-refractivity contribution in [2.24, 2.45) is 29.1 Å². The standard InChI is InChI=1S/C17H23O5.3C4H9.Sn/c1-9-12-4-6-17(8-21-11(3)18)7-5-13(19)10(2)14(17)15(12)22-16(9)20;3*1-3-4-2;/h7,9-10,12,14-15H,4-6,8H2,1-3H3;3*1,3-4H2,2H3;/t9-,10+,12?,14+,15-,17-;;;;/m0..../s1. The van der Waals surface area contributed by atoms with Crippen LogP contribution in [0.2, 0.25) is 17.2 Å². The van der Waals surface area contributed by atoms with E-state index in [-0.39, 0.29) is 47.1 Å². The number of Topliss-reactive ketones (excluding diaryl/α,β-unsaturated/α-hetero) is 1. The average molecular weight is 597 g/mol. The van der Waals surface area contributed by atoms with Crippen molar-refractivity contribution in [2.45, 2.75) is 123 Å². The van der Waals surface area contributed by atoms with E-state index in [4.69, 9.17) is 9.47 Å². The molecule has 35 heavy (non-hydrogen) atoms. The fourth-order valence-electron chi connectivity index (χ4n) is 8.27. The van der Waals surface area contributed by atoms with Crippen molar-refractivity contribution in [3.8, 4) is 0 Å². The molecule has 3 rings (SSSR count). The Bertz CT molecular complexity index is 744. The van der Waals surface area contributed by atoms with Gasteiger partial charge in [0.1, 0.15) is 0 Å². The molecule has 5 nitrogen and oxygen atoms in total. The normalized spacial score (nSPS) is 34.8. The van der Waals surface area contributed by atoms with Gasteiger partial charge in [0.15, 0.2) is 0 Å². The molecule has 0 aromatic heterocycles. The van der Waals surface area contributed by atoms with Gasteiger partial charge < -0.3 is 0 Å². The first kappa shape index (κ1) is 29.0. The van der Waals surface area contributed by atoms with Gasteiger partial charge in [-0.2, -0.15) is 0 Å². The third kappa shape index (κ3) is 5.65. The Morgan fingerprint density at radius 1 is 1.00 bits per heavy atom. The fourth-order valence-corrected chi connectivity index (χ4v) is 28.9. The van der Waals surface area contributed by atoms with Gasteiger partial charge in [0.2, 0.25) is 0 Å². The molecule has 0 aromatic carbocycles. The van der Waals surface area contributed by atoms with E-state index in [0.717, 1.165) is 12.8 Å². The van der Waals surface area contributed by atoms with E-state index in [1.54, 1.807) is 0 Å². The zero-order valence-corrected chi connectivity index (χ0v) is 26.1. The van der Waals surface area contributed by atoms with Crippen molar-refractivity contribution in [1.29, 1.82) is 0 Å². The molecule has 6 heteroatoms. The van der Waals surface area contributed by atoms with E-state index >= 15 is 0 Å². The summed E-state index contributed by atoms with van der Waals surface area (Å²) in [5.74, 6) is -0.0942. The van der Waals surface area contributed by atoms with Crippen LogP contribution in [0.3, 0.4) is 0 Å². The molecule has 3 aliphatic rings. The molecule has 1 unspecified atom stereocenters. The summed E-state index contributed by atoms with van der Waals surface area (Å²) in [6.07, 6.45) is 9.64. The minimum absolute atomic E-state index is 0.0262. The van der Waals surface area contributed by atoms with Crippen LogP contribution < -0.4 is 0 Å². The van der Waals surface area contributed by atoms with Crippen molar-refractivity contribution in [2.75, 3.05) is 6.61 Å². The van der Waals surface area contributed by atoms with E-state index in [1.165, 1.54) is 58.8 Å². The van der Waals surface area contributed by atoms with Gasteiger partial charge in [-0.1, -0.05) is 0 Å². The van der Waals surface area contributed by atoms with Gasteiger partial charge in [0.05, 0.1) is 0 Å². The Morgan fingerprint density at radius 2 is 1.57 bits per heavy atom. The molecule has 200 valence electrons. The summed E-state index contributed by atoms with van der Waals surface area (Å²) >= 11 is -2.92. The molecule has 0 radical (unpaired) electrons. The topological polar surface area (TPSA) is 69.7 Å². The van der Waals surface area contributed by atoms with E-state index in [1.807, 2.05) is 6.92 Å². The number of hydrogen-bond acceptors (Lipinski definition) is 5. The van der Waals surface area contributed by atoms with Crippen LogP contribution in [0.25, 0.3) is 0 Å². The summed E-state index contributed by atoms with van der Waals surface area (Å²) in [5.41, 5.74) is -0.226. The summed E-state index contributed by atoms with van der Waals surface area (Å²) in [4.78, 5) is 38.6. The second-order valence-electron chi connectivity index (χ2n) is 12.1. The molecular formula is C29H50O5Sn. The van der Waals surface area contributed by atoms with Gasteiger partial charge in [-0.3, -0.25) is 0 Å². The molecule has 1 heterocycles. The molecule has 1 aliphatic heterocycles. The summed E-state index contributed by atoms with van der Waals surface area (Å²) in [7, 11) is 0. The van der Waals surface area contributed by atoms with Crippen molar-refractivity contribution in [3.63, 3.8) is 0 Å². The van der Waals surface area contributed by atoms with Gasteiger partial charge >= 0.3 is 218 Å². The third-order valence-electron chi connectivity index (χ3n) is 10.2. The minimum atomic E-state index is -2.92. The predicted molar refractivity (Wildman–Crippen MR) is 142 cm³/mol. The maximum atomic E-state index is 13.7. The zero-order valence-electron chi connectivity index (χ0n) is 23.2.